The maximum atomic E-state index is 13.5. The fourth-order valence-corrected chi connectivity index (χ4v) is 2.20. The van der Waals surface area contributed by atoms with Gasteiger partial charge in [0, 0.05) is 11.9 Å². The molecule has 1 aromatic heterocycles. The summed E-state index contributed by atoms with van der Waals surface area (Å²) < 4.78 is 13.5. The van der Waals surface area contributed by atoms with Crippen LogP contribution in [0.25, 0.3) is 10.9 Å². The quantitative estimate of drug-likeness (QED) is 0.805. The Labute approximate surface area is 127 Å². The largest absolute Gasteiger partial charge is 0.350 e. The highest BCUT2D eigenvalue weighted by Crippen LogP contribution is 2.11. The van der Waals surface area contributed by atoms with Crippen LogP contribution in [0.2, 0.25) is 0 Å². The minimum absolute atomic E-state index is 0.257. The molecule has 1 heterocycles. The van der Waals surface area contributed by atoms with E-state index in [0.29, 0.717) is 18.5 Å². The highest BCUT2D eigenvalue weighted by atomic mass is 19.1. The van der Waals surface area contributed by atoms with Crippen LogP contribution in [0, 0.1) is 5.82 Å². The normalized spacial score (nSPS) is 10.6. The van der Waals surface area contributed by atoms with Crippen molar-refractivity contribution in [3.8, 4) is 0 Å². The molecule has 0 fully saturated rings. The van der Waals surface area contributed by atoms with Crippen LogP contribution in [0.3, 0.4) is 0 Å². The highest BCUT2D eigenvalue weighted by Gasteiger charge is 2.09. The number of aromatic nitrogens is 2. The molecule has 3 aromatic rings. The van der Waals surface area contributed by atoms with Crippen LogP contribution in [-0.2, 0) is 6.42 Å². The topological polar surface area (TPSA) is 54.9 Å². The first kappa shape index (κ1) is 14.1. The Bertz CT molecular complexity index is 820. The molecule has 1 amide bonds. The lowest BCUT2D eigenvalue weighted by Crippen LogP contribution is -2.27. The van der Waals surface area contributed by atoms with Gasteiger partial charge in [0.05, 0.1) is 5.52 Å². The van der Waals surface area contributed by atoms with E-state index in [1.807, 2.05) is 24.3 Å². The zero-order chi connectivity index (χ0) is 15.4. The smallest absolute Gasteiger partial charge is 0.271 e. The molecule has 0 unspecified atom stereocenters. The second kappa shape index (κ2) is 6.30. The third-order valence-corrected chi connectivity index (χ3v) is 3.36. The molecule has 0 atom stereocenters. The molecule has 1 N–H and O–H groups in total. The van der Waals surface area contributed by atoms with E-state index in [1.165, 1.54) is 6.07 Å². The van der Waals surface area contributed by atoms with Gasteiger partial charge in [0.15, 0.2) is 5.69 Å². The van der Waals surface area contributed by atoms with Crippen molar-refractivity contribution in [2.24, 2.45) is 0 Å². The number of hydrogen-bond donors (Lipinski definition) is 1. The number of rotatable bonds is 4. The molecule has 0 saturated carbocycles. The molecule has 0 aliphatic carbocycles. The van der Waals surface area contributed by atoms with Crippen molar-refractivity contribution < 1.29 is 9.18 Å². The van der Waals surface area contributed by atoms with Crippen molar-refractivity contribution >= 4 is 16.8 Å². The summed E-state index contributed by atoms with van der Waals surface area (Å²) in [4.78, 5) is 12.1. The average Bonchev–Trinajstić information content (AvgIpc) is 2.56. The second-order valence-corrected chi connectivity index (χ2v) is 4.89. The Kier molecular flexibility index (Phi) is 4.05. The molecule has 5 heteroatoms. The second-order valence-electron chi connectivity index (χ2n) is 4.89. The molecule has 3 rings (SSSR count). The monoisotopic (exact) mass is 295 g/mol. The molecule has 0 saturated heterocycles. The van der Waals surface area contributed by atoms with Gasteiger partial charge in [-0.1, -0.05) is 36.4 Å². The SMILES string of the molecule is O=C(NCCc1ccccc1F)c1cc2ccccc2nn1. The summed E-state index contributed by atoms with van der Waals surface area (Å²) in [6.45, 7) is 0.342. The van der Waals surface area contributed by atoms with E-state index in [1.54, 1.807) is 24.3 Å². The third-order valence-electron chi connectivity index (χ3n) is 3.36. The van der Waals surface area contributed by atoms with Crippen LogP contribution in [-0.4, -0.2) is 22.6 Å². The number of carbonyl (C=O) groups excluding carboxylic acids is 1. The third kappa shape index (κ3) is 3.09. The number of fused-ring (bicyclic) bond motifs is 1. The van der Waals surface area contributed by atoms with Gasteiger partial charge in [0.25, 0.3) is 5.91 Å². The molecule has 110 valence electrons. The van der Waals surface area contributed by atoms with Gasteiger partial charge in [-0.05, 0) is 30.2 Å². The molecule has 0 aliphatic heterocycles. The van der Waals surface area contributed by atoms with E-state index in [2.05, 4.69) is 15.5 Å². The van der Waals surface area contributed by atoms with Gasteiger partial charge in [0.1, 0.15) is 5.82 Å². The predicted octanol–water partition coefficient (Wildman–Crippen LogP) is 2.74. The Balaban J connectivity index is 1.65. The van der Waals surface area contributed by atoms with Gasteiger partial charge in [-0.25, -0.2) is 4.39 Å². The number of hydrogen-bond acceptors (Lipinski definition) is 3. The number of nitrogens with zero attached hydrogens (tertiary/aromatic N) is 2. The standard InChI is InChI=1S/C17H14FN3O/c18-14-7-3-1-5-12(14)9-10-19-17(22)16-11-13-6-2-4-8-15(13)20-21-16/h1-8,11H,9-10H2,(H,19,22). The fraction of sp³-hybridized carbons (Fsp3) is 0.118. The van der Waals surface area contributed by atoms with Crippen molar-refractivity contribution in [2.45, 2.75) is 6.42 Å². The van der Waals surface area contributed by atoms with E-state index >= 15 is 0 Å². The summed E-state index contributed by atoms with van der Waals surface area (Å²) in [5.74, 6) is -0.572. The first-order valence-corrected chi connectivity index (χ1v) is 6.98. The Hall–Kier alpha value is -2.82. The number of halogens is 1. The molecule has 0 radical (unpaired) electrons. The highest BCUT2D eigenvalue weighted by molar-refractivity contribution is 5.95. The van der Waals surface area contributed by atoms with Gasteiger partial charge >= 0.3 is 0 Å². The molecule has 4 nitrogen and oxygen atoms in total. The van der Waals surface area contributed by atoms with E-state index < -0.39 is 0 Å². The molecular weight excluding hydrogens is 281 g/mol. The van der Waals surface area contributed by atoms with E-state index in [0.717, 1.165) is 10.9 Å². The molecule has 0 spiro atoms. The maximum Gasteiger partial charge on any atom is 0.271 e. The zero-order valence-electron chi connectivity index (χ0n) is 11.8. The first-order valence-electron chi connectivity index (χ1n) is 6.98. The van der Waals surface area contributed by atoms with E-state index in [4.69, 9.17) is 0 Å². The summed E-state index contributed by atoms with van der Waals surface area (Å²) in [6, 6.07) is 15.7. The number of nitrogens with one attached hydrogen (secondary N) is 1. The summed E-state index contributed by atoms with van der Waals surface area (Å²) in [6.07, 6.45) is 0.430. The van der Waals surface area contributed by atoms with Crippen LogP contribution in [0.5, 0.6) is 0 Å². The van der Waals surface area contributed by atoms with Crippen LogP contribution in [0.15, 0.2) is 54.6 Å². The summed E-state index contributed by atoms with van der Waals surface area (Å²) in [7, 11) is 0. The van der Waals surface area contributed by atoms with Crippen molar-refractivity contribution in [2.75, 3.05) is 6.54 Å². The Morgan fingerprint density at radius 2 is 1.82 bits per heavy atom. The van der Waals surface area contributed by atoms with Crippen molar-refractivity contribution in [3.05, 3.63) is 71.7 Å². The minimum Gasteiger partial charge on any atom is -0.350 e. The minimum atomic E-state index is -0.311. The first-order chi connectivity index (χ1) is 10.7. The van der Waals surface area contributed by atoms with Gasteiger partial charge < -0.3 is 5.32 Å². The van der Waals surface area contributed by atoms with Crippen LogP contribution in [0.1, 0.15) is 16.1 Å². The maximum absolute atomic E-state index is 13.5. The van der Waals surface area contributed by atoms with Crippen LogP contribution >= 0.6 is 0 Å². The average molecular weight is 295 g/mol. The molecule has 0 aliphatic rings. The van der Waals surface area contributed by atoms with Crippen molar-refractivity contribution in [1.82, 2.24) is 15.5 Å². The van der Waals surface area contributed by atoms with Crippen LogP contribution in [0.4, 0.5) is 4.39 Å². The summed E-state index contributed by atoms with van der Waals surface area (Å²) in [5, 5.41) is 11.5. The summed E-state index contributed by atoms with van der Waals surface area (Å²) in [5.41, 5.74) is 1.57. The lowest BCUT2D eigenvalue weighted by molar-refractivity contribution is 0.0948. The van der Waals surface area contributed by atoms with E-state index in [-0.39, 0.29) is 17.4 Å². The van der Waals surface area contributed by atoms with Gasteiger partial charge in [-0.2, -0.15) is 0 Å². The lowest BCUT2D eigenvalue weighted by atomic mass is 10.1. The summed E-state index contributed by atoms with van der Waals surface area (Å²) >= 11 is 0. The Morgan fingerprint density at radius 1 is 1.05 bits per heavy atom. The van der Waals surface area contributed by atoms with Crippen LogP contribution < -0.4 is 5.32 Å². The Morgan fingerprint density at radius 3 is 2.68 bits per heavy atom. The van der Waals surface area contributed by atoms with Gasteiger partial charge in [0.2, 0.25) is 0 Å². The fourth-order valence-electron chi connectivity index (χ4n) is 2.20. The van der Waals surface area contributed by atoms with Crippen molar-refractivity contribution in [1.29, 1.82) is 0 Å². The number of amides is 1. The van der Waals surface area contributed by atoms with Gasteiger partial charge in [-0.3, -0.25) is 4.79 Å². The molecule has 0 bridgehead atoms. The van der Waals surface area contributed by atoms with Crippen molar-refractivity contribution in [3.63, 3.8) is 0 Å². The molecule has 22 heavy (non-hydrogen) atoms. The molecular formula is C17H14FN3O. The number of carbonyl (C=O) groups is 1. The van der Waals surface area contributed by atoms with Gasteiger partial charge in [-0.15, -0.1) is 10.2 Å². The lowest BCUT2D eigenvalue weighted by Gasteiger charge is -2.06. The van der Waals surface area contributed by atoms with E-state index in [9.17, 15) is 9.18 Å². The predicted molar refractivity (Wildman–Crippen MR) is 82.0 cm³/mol. The molecule has 2 aromatic carbocycles. The number of benzene rings is 2. The zero-order valence-corrected chi connectivity index (χ0v) is 11.8.